The Morgan fingerprint density at radius 3 is 2.64 bits per heavy atom. The number of carboxylic acids is 1. The van der Waals surface area contributed by atoms with Gasteiger partial charge in [0.05, 0.1) is 13.2 Å². The number of hydrogen-bond acceptors (Lipinski definition) is 4. The van der Waals surface area contributed by atoms with Crippen molar-refractivity contribution in [3.05, 3.63) is 0 Å². The maximum atomic E-state index is 10.5. The molecular formula is C9H19NO4. The number of hydrogen-bond donors (Lipinski definition) is 2. The van der Waals surface area contributed by atoms with E-state index in [0.29, 0.717) is 19.0 Å². The van der Waals surface area contributed by atoms with Crippen molar-refractivity contribution in [1.82, 2.24) is 4.90 Å². The van der Waals surface area contributed by atoms with Crippen LogP contribution in [0.25, 0.3) is 0 Å². The zero-order valence-corrected chi connectivity index (χ0v) is 8.77. The molecule has 0 aromatic rings. The van der Waals surface area contributed by atoms with E-state index in [4.69, 9.17) is 10.4 Å². The van der Waals surface area contributed by atoms with E-state index in [2.05, 4.69) is 18.7 Å². The first-order chi connectivity index (χ1) is 6.60. The Kier molecular flexibility index (Phi) is 7.37. The topological polar surface area (TPSA) is 70.0 Å². The van der Waals surface area contributed by atoms with Gasteiger partial charge in [0.15, 0.2) is 0 Å². The van der Waals surface area contributed by atoms with E-state index in [1.807, 2.05) is 0 Å². The van der Waals surface area contributed by atoms with Crippen molar-refractivity contribution in [2.75, 3.05) is 26.2 Å². The van der Waals surface area contributed by atoms with Crippen molar-refractivity contribution >= 4 is 5.97 Å². The van der Waals surface area contributed by atoms with Gasteiger partial charge in [0.1, 0.15) is 0 Å². The van der Waals surface area contributed by atoms with Crippen LogP contribution in [0.2, 0.25) is 0 Å². The van der Waals surface area contributed by atoms with Gasteiger partial charge >= 0.3 is 5.97 Å². The van der Waals surface area contributed by atoms with E-state index in [9.17, 15) is 4.79 Å². The molecule has 0 saturated carbocycles. The molecule has 1 atom stereocenters. The summed E-state index contributed by atoms with van der Waals surface area (Å²) in [6.45, 7) is 5.41. The summed E-state index contributed by atoms with van der Waals surface area (Å²) < 4.78 is 0. The van der Waals surface area contributed by atoms with Crippen LogP contribution in [-0.2, 0) is 9.68 Å². The highest BCUT2D eigenvalue weighted by atomic mass is 17.1. The first-order valence-corrected chi connectivity index (χ1v) is 4.80. The third kappa shape index (κ3) is 6.82. The van der Waals surface area contributed by atoms with Gasteiger partial charge in [-0.1, -0.05) is 20.3 Å². The lowest BCUT2D eigenvalue weighted by Crippen LogP contribution is -2.35. The van der Waals surface area contributed by atoms with Gasteiger partial charge in [-0.05, 0) is 5.92 Å². The zero-order chi connectivity index (χ0) is 11.0. The lowest BCUT2D eigenvalue weighted by molar-refractivity contribution is -0.244. The van der Waals surface area contributed by atoms with Crippen molar-refractivity contribution < 1.29 is 20.0 Å². The minimum Gasteiger partial charge on any atom is -0.480 e. The van der Waals surface area contributed by atoms with Gasteiger partial charge in [0, 0.05) is 13.1 Å². The molecule has 5 nitrogen and oxygen atoms in total. The normalized spacial score (nSPS) is 13.1. The van der Waals surface area contributed by atoms with Crippen molar-refractivity contribution in [2.45, 2.75) is 20.3 Å². The third-order valence-corrected chi connectivity index (χ3v) is 2.12. The third-order valence-electron chi connectivity index (χ3n) is 2.12. The van der Waals surface area contributed by atoms with E-state index in [-0.39, 0.29) is 13.2 Å². The second-order valence-electron chi connectivity index (χ2n) is 3.48. The van der Waals surface area contributed by atoms with Crippen molar-refractivity contribution in [3.63, 3.8) is 0 Å². The molecule has 5 heteroatoms. The standard InChI is InChI=1S/C9H19NO4/c1-3-8(2)6-10(4-5-14-13)7-9(11)12/h8,13H,3-7H2,1-2H3,(H,11,12). The average Bonchev–Trinajstić information content (AvgIpc) is 2.13. The smallest absolute Gasteiger partial charge is 0.317 e. The molecule has 0 bridgehead atoms. The van der Waals surface area contributed by atoms with Gasteiger partial charge in [0.25, 0.3) is 0 Å². The Morgan fingerprint density at radius 2 is 2.21 bits per heavy atom. The quantitative estimate of drug-likeness (QED) is 0.455. The first-order valence-electron chi connectivity index (χ1n) is 4.80. The van der Waals surface area contributed by atoms with Crippen molar-refractivity contribution in [2.24, 2.45) is 5.92 Å². The monoisotopic (exact) mass is 205 g/mol. The number of rotatable bonds is 8. The minimum atomic E-state index is -0.855. The molecule has 2 N–H and O–H groups in total. The van der Waals surface area contributed by atoms with Crippen molar-refractivity contribution in [1.29, 1.82) is 0 Å². The molecule has 0 amide bonds. The SMILES string of the molecule is CCC(C)CN(CCOO)CC(=O)O. The fraction of sp³-hybridized carbons (Fsp3) is 0.889. The van der Waals surface area contributed by atoms with Crippen LogP contribution in [0.5, 0.6) is 0 Å². The summed E-state index contributed by atoms with van der Waals surface area (Å²) in [6.07, 6.45) is 1.01. The second-order valence-corrected chi connectivity index (χ2v) is 3.48. The highest BCUT2D eigenvalue weighted by molar-refractivity contribution is 5.69. The second kappa shape index (κ2) is 7.73. The highest BCUT2D eigenvalue weighted by Crippen LogP contribution is 2.03. The summed E-state index contributed by atoms with van der Waals surface area (Å²) in [5.41, 5.74) is 0. The summed E-state index contributed by atoms with van der Waals surface area (Å²) in [5, 5.41) is 16.8. The van der Waals surface area contributed by atoms with E-state index in [1.165, 1.54) is 0 Å². The fourth-order valence-electron chi connectivity index (χ4n) is 1.17. The van der Waals surface area contributed by atoms with Crippen LogP contribution < -0.4 is 0 Å². The van der Waals surface area contributed by atoms with Crippen LogP contribution in [-0.4, -0.2) is 47.5 Å². The molecule has 0 aliphatic rings. The maximum absolute atomic E-state index is 10.5. The van der Waals surface area contributed by atoms with Crippen LogP contribution in [0.1, 0.15) is 20.3 Å². The number of carbonyl (C=O) groups is 1. The molecule has 0 spiro atoms. The van der Waals surface area contributed by atoms with Crippen molar-refractivity contribution in [3.8, 4) is 0 Å². The van der Waals surface area contributed by atoms with Gasteiger partial charge in [-0.25, -0.2) is 4.89 Å². The molecule has 0 heterocycles. The molecular weight excluding hydrogens is 186 g/mol. The zero-order valence-electron chi connectivity index (χ0n) is 8.77. The van der Waals surface area contributed by atoms with Crippen LogP contribution in [0.4, 0.5) is 0 Å². The van der Waals surface area contributed by atoms with E-state index in [0.717, 1.165) is 6.42 Å². The van der Waals surface area contributed by atoms with Gasteiger partial charge in [-0.3, -0.25) is 15.0 Å². The van der Waals surface area contributed by atoms with E-state index >= 15 is 0 Å². The Balaban J connectivity index is 3.89. The predicted molar refractivity (Wildman–Crippen MR) is 52.1 cm³/mol. The first kappa shape index (κ1) is 13.4. The van der Waals surface area contributed by atoms with Gasteiger partial charge < -0.3 is 5.11 Å². The van der Waals surface area contributed by atoms with Crippen LogP contribution in [0.15, 0.2) is 0 Å². The number of aliphatic carboxylic acids is 1. The summed E-state index contributed by atoms with van der Waals surface area (Å²) in [4.78, 5) is 16.2. The molecule has 0 aromatic carbocycles. The Bertz CT molecular complexity index is 163. The van der Waals surface area contributed by atoms with Crippen LogP contribution in [0.3, 0.4) is 0 Å². The molecule has 14 heavy (non-hydrogen) atoms. The maximum Gasteiger partial charge on any atom is 0.317 e. The molecule has 1 unspecified atom stereocenters. The summed E-state index contributed by atoms with van der Waals surface area (Å²) in [7, 11) is 0. The summed E-state index contributed by atoms with van der Waals surface area (Å²) >= 11 is 0. The molecule has 0 rings (SSSR count). The summed E-state index contributed by atoms with van der Waals surface area (Å²) in [6, 6.07) is 0. The van der Waals surface area contributed by atoms with Gasteiger partial charge in [-0.2, -0.15) is 0 Å². The van der Waals surface area contributed by atoms with Gasteiger partial charge in [-0.15, -0.1) is 0 Å². The van der Waals surface area contributed by atoms with E-state index < -0.39 is 5.97 Å². The van der Waals surface area contributed by atoms with Crippen LogP contribution >= 0.6 is 0 Å². The molecule has 0 fully saturated rings. The highest BCUT2D eigenvalue weighted by Gasteiger charge is 2.12. The average molecular weight is 205 g/mol. The predicted octanol–water partition coefficient (Wildman–Crippen LogP) is 0.909. The Morgan fingerprint density at radius 1 is 1.57 bits per heavy atom. The Hall–Kier alpha value is -0.650. The lowest BCUT2D eigenvalue weighted by atomic mass is 10.1. The number of carboxylic acid groups (broad SMARTS) is 1. The largest absolute Gasteiger partial charge is 0.480 e. The van der Waals surface area contributed by atoms with Gasteiger partial charge in [0.2, 0.25) is 0 Å². The summed E-state index contributed by atoms with van der Waals surface area (Å²) in [5.74, 6) is -0.403. The number of nitrogens with zero attached hydrogens (tertiary/aromatic N) is 1. The van der Waals surface area contributed by atoms with Crippen LogP contribution in [0, 0.1) is 5.92 Å². The minimum absolute atomic E-state index is 0.00625. The molecule has 0 aliphatic carbocycles. The molecule has 84 valence electrons. The lowest BCUT2D eigenvalue weighted by Gasteiger charge is -2.22. The molecule has 0 saturated heterocycles. The molecule has 0 aliphatic heterocycles. The fourth-order valence-corrected chi connectivity index (χ4v) is 1.17. The van der Waals surface area contributed by atoms with E-state index in [1.54, 1.807) is 4.90 Å². The molecule has 0 radical (unpaired) electrons. The Labute approximate surface area is 84.2 Å². The molecule has 0 aromatic heterocycles.